The lowest BCUT2D eigenvalue weighted by Gasteiger charge is -2.05. The van der Waals surface area contributed by atoms with Crippen LogP contribution >= 0.6 is 0 Å². The van der Waals surface area contributed by atoms with Gasteiger partial charge in [-0.25, -0.2) is 18.7 Å². The molecular formula is C8H11F2N3O. The van der Waals surface area contributed by atoms with E-state index < -0.39 is 13.0 Å². The van der Waals surface area contributed by atoms with Crippen molar-refractivity contribution in [2.24, 2.45) is 5.73 Å². The maximum atomic E-state index is 11.8. The first-order chi connectivity index (χ1) is 6.63. The Balaban J connectivity index is 2.66. The van der Waals surface area contributed by atoms with Crippen LogP contribution in [-0.2, 0) is 6.54 Å². The number of halogens is 2. The molecular weight excluding hydrogens is 192 g/mol. The van der Waals surface area contributed by atoms with E-state index in [0.717, 1.165) is 5.56 Å². The second-order valence-electron chi connectivity index (χ2n) is 2.67. The molecule has 0 spiro atoms. The van der Waals surface area contributed by atoms with Gasteiger partial charge in [-0.3, -0.25) is 0 Å². The van der Waals surface area contributed by atoms with Crippen molar-refractivity contribution >= 4 is 0 Å². The van der Waals surface area contributed by atoms with E-state index in [4.69, 9.17) is 5.73 Å². The monoisotopic (exact) mass is 203 g/mol. The van der Waals surface area contributed by atoms with Gasteiger partial charge in [0.05, 0.1) is 0 Å². The summed E-state index contributed by atoms with van der Waals surface area (Å²) in [6.07, 6.45) is -1.04. The summed E-state index contributed by atoms with van der Waals surface area (Å²) in [6.45, 7) is 1.35. The maximum absolute atomic E-state index is 11.8. The Hall–Kier alpha value is -1.30. The number of hydrogen-bond acceptors (Lipinski definition) is 4. The average Bonchev–Trinajstić information content (AvgIpc) is 2.15. The molecule has 0 amide bonds. The number of nitrogens with zero attached hydrogens (tertiary/aromatic N) is 2. The van der Waals surface area contributed by atoms with Gasteiger partial charge >= 0.3 is 6.01 Å². The number of hydrogen-bond donors (Lipinski definition) is 1. The molecule has 4 nitrogen and oxygen atoms in total. The molecule has 2 N–H and O–H groups in total. The molecule has 0 fully saturated rings. The van der Waals surface area contributed by atoms with E-state index in [1.807, 2.05) is 0 Å². The first-order valence-electron chi connectivity index (χ1n) is 4.07. The topological polar surface area (TPSA) is 61.0 Å². The third kappa shape index (κ3) is 2.88. The Morgan fingerprint density at radius 2 is 2.29 bits per heavy atom. The number of aryl methyl sites for hydroxylation is 1. The molecule has 6 heteroatoms. The quantitative estimate of drug-likeness (QED) is 0.789. The Labute approximate surface area is 80.1 Å². The second kappa shape index (κ2) is 4.80. The lowest BCUT2D eigenvalue weighted by molar-refractivity contribution is 0.0769. The summed E-state index contributed by atoms with van der Waals surface area (Å²) in [5, 5.41) is 0. The van der Waals surface area contributed by atoms with Crippen molar-refractivity contribution in [1.82, 2.24) is 9.97 Å². The molecule has 1 aromatic rings. The number of rotatable bonds is 4. The van der Waals surface area contributed by atoms with Crippen molar-refractivity contribution < 1.29 is 13.5 Å². The second-order valence-corrected chi connectivity index (χ2v) is 2.67. The van der Waals surface area contributed by atoms with Gasteiger partial charge in [0.25, 0.3) is 6.43 Å². The zero-order chi connectivity index (χ0) is 10.6. The third-order valence-corrected chi connectivity index (χ3v) is 1.62. The highest BCUT2D eigenvalue weighted by Gasteiger charge is 2.06. The van der Waals surface area contributed by atoms with Crippen molar-refractivity contribution in [2.45, 2.75) is 19.9 Å². The van der Waals surface area contributed by atoms with Crippen LogP contribution in [0.5, 0.6) is 6.01 Å². The van der Waals surface area contributed by atoms with Crippen molar-refractivity contribution in [3.63, 3.8) is 0 Å². The van der Waals surface area contributed by atoms with Gasteiger partial charge in [-0.2, -0.15) is 0 Å². The number of alkyl halides is 2. The van der Waals surface area contributed by atoms with E-state index in [0.29, 0.717) is 12.2 Å². The molecule has 0 saturated heterocycles. The van der Waals surface area contributed by atoms with E-state index in [9.17, 15) is 8.78 Å². The van der Waals surface area contributed by atoms with Gasteiger partial charge in [-0.05, 0) is 6.92 Å². The smallest absolute Gasteiger partial charge is 0.316 e. The summed E-state index contributed by atoms with van der Waals surface area (Å²) in [4.78, 5) is 7.60. The summed E-state index contributed by atoms with van der Waals surface area (Å²) in [5.41, 5.74) is 6.80. The van der Waals surface area contributed by atoms with Crippen LogP contribution in [0.1, 0.15) is 11.3 Å². The molecule has 0 radical (unpaired) electrons. The lowest BCUT2D eigenvalue weighted by Crippen LogP contribution is -2.10. The summed E-state index contributed by atoms with van der Waals surface area (Å²) < 4.78 is 28.2. The minimum Gasteiger partial charge on any atom is -0.457 e. The van der Waals surface area contributed by atoms with E-state index in [1.54, 1.807) is 6.92 Å². The predicted octanol–water partition coefficient (Wildman–Crippen LogP) is 0.888. The lowest BCUT2D eigenvalue weighted by atomic mass is 10.2. The molecule has 0 aliphatic carbocycles. The predicted molar refractivity (Wildman–Crippen MR) is 46.2 cm³/mol. The molecule has 0 aromatic carbocycles. The van der Waals surface area contributed by atoms with Crippen LogP contribution in [0.15, 0.2) is 6.20 Å². The number of aromatic nitrogens is 2. The summed E-state index contributed by atoms with van der Waals surface area (Å²) in [7, 11) is 0. The molecule has 0 unspecified atom stereocenters. The molecule has 1 heterocycles. The fraction of sp³-hybridized carbons (Fsp3) is 0.500. The third-order valence-electron chi connectivity index (χ3n) is 1.62. The minimum absolute atomic E-state index is 0.0417. The van der Waals surface area contributed by atoms with Crippen LogP contribution in [0, 0.1) is 6.92 Å². The van der Waals surface area contributed by atoms with E-state index in [1.165, 1.54) is 6.20 Å². The number of nitrogens with two attached hydrogens (primary N) is 1. The van der Waals surface area contributed by atoms with Gasteiger partial charge in [-0.15, -0.1) is 0 Å². The first-order valence-corrected chi connectivity index (χ1v) is 4.07. The Morgan fingerprint density at radius 1 is 1.57 bits per heavy atom. The van der Waals surface area contributed by atoms with Gasteiger partial charge in [0.2, 0.25) is 0 Å². The summed E-state index contributed by atoms with van der Waals surface area (Å²) in [6, 6.07) is -0.0417. The van der Waals surface area contributed by atoms with Crippen LogP contribution in [0.4, 0.5) is 8.78 Å². The summed E-state index contributed by atoms with van der Waals surface area (Å²) >= 11 is 0. The maximum Gasteiger partial charge on any atom is 0.316 e. The standard InChI is InChI=1S/C8H11F2N3O/c1-5-6(2-11)3-12-8(13-5)14-4-7(9)10/h3,7H,2,4,11H2,1H3. The van der Waals surface area contributed by atoms with Crippen LogP contribution in [0.3, 0.4) is 0 Å². The summed E-state index contributed by atoms with van der Waals surface area (Å²) in [5.74, 6) is 0. The molecule has 1 rings (SSSR count). The van der Waals surface area contributed by atoms with Gasteiger partial charge in [0.1, 0.15) is 0 Å². The molecule has 0 atom stereocenters. The zero-order valence-corrected chi connectivity index (χ0v) is 7.70. The van der Waals surface area contributed by atoms with Gasteiger partial charge < -0.3 is 10.5 Å². The average molecular weight is 203 g/mol. The molecule has 14 heavy (non-hydrogen) atoms. The molecule has 0 aliphatic heterocycles. The van der Waals surface area contributed by atoms with Crippen LogP contribution in [0.2, 0.25) is 0 Å². The van der Waals surface area contributed by atoms with E-state index in [2.05, 4.69) is 14.7 Å². The van der Waals surface area contributed by atoms with Crippen molar-refractivity contribution in [3.05, 3.63) is 17.5 Å². The van der Waals surface area contributed by atoms with Gasteiger partial charge in [0, 0.05) is 24.0 Å². The van der Waals surface area contributed by atoms with E-state index in [-0.39, 0.29) is 6.01 Å². The Kier molecular flexibility index (Phi) is 3.70. The van der Waals surface area contributed by atoms with Crippen LogP contribution in [-0.4, -0.2) is 23.0 Å². The van der Waals surface area contributed by atoms with Crippen molar-refractivity contribution in [2.75, 3.05) is 6.61 Å². The number of ether oxygens (including phenoxy) is 1. The van der Waals surface area contributed by atoms with E-state index >= 15 is 0 Å². The SMILES string of the molecule is Cc1nc(OCC(F)F)ncc1CN. The van der Waals surface area contributed by atoms with Gasteiger partial charge in [0.15, 0.2) is 6.61 Å². The first kappa shape index (κ1) is 10.8. The minimum atomic E-state index is -2.52. The van der Waals surface area contributed by atoms with Crippen molar-refractivity contribution in [1.29, 1.82) is 0 Å². The highest BCUT2D eigenvalue weighted by atomic mass is 19.3. The fourth-order valence-electron chi connectivity index (χ4n) is 0.878. The molecule has 78 valence electrons. The fourth-order valence-corrected chi connectivity index (χ4v) is 0.878. The highest BCUT2D eigenvalue weighted by Crippen LogP contribution is 2.08. The molecule has 0 saturated carbocycles. The largest absolute Gasteiger partial charge is 0.457 e. The highest BCUT2D eigenvalue weighted by molar-refractivity contribution is 5.17. The van der Waals surface area contributed by atoms with Gasteiger partial charge in [-0.1, -0.05) is 0 Å². The normalized spacial score (nSPS) is 10.6. The molecule has 1 aromatic heterocycles. The van der Waals surface area contributed by atoms with Crippen LogP contribution < -0.4 is 10.5 Å². The Morgan fingerprint density at radius 3 is 2.79 bits per heavy atom. The molecule has 0 bridgehead atoms. The Bertz CT molecular complexity index is 307. The van der Waals surface area contributed by atoms with Crippen molar-refractivity contribution in [3.8, 4) is 6.01 Å². The van der Waals surface area contributed by atoms with Crippen LogP contribution in [0.25, 0.3) is 0 Å². The zero-order valence-electron chi connectivity index (χ0n) is 7.70. The molecule has 0 aliphatic rings.